The second-order valence-corrected chi connectivity index (χ2v) is 13.8. The van der Waals surface area contributed by atoms with Crippen molar-refractivity contribution in [2.45, 2.75) is 148 Å². The van der Waals surface area contributed by atoms with E-state index in [4.69, 9.17) is 14.2 Å². The highest BCUT2D eigenvalue weighted by Gasteiger charge is 2.25. The number of rotatable bonds is 33. The van der Waals surface area contributed by atoms with Crippen molar-refractivity contribution in [2.75, 3.05) is 41.0 Å². The van der Waals surface area contributed by atoms with E-state index >= 15 is 0 Å². The number of hydrogen-bond donors (Lipinski definition) is 0. The van der Waals surface area contributed by atoms with Gasteiger partial charge in [-0.15, -0.1) is 0 Å². The molecule has 50 heavy (non-hydrogen) atoms. The molecule has 0 spiro atoms. The van der Waals surface area contributed by atoms with E-state index in [1.165, 1.54) is 25.7 Å². The van der Waals surface area contributed by atoms with Crippen molar-refractivity contribution in [3.05, 3.63) is 60.8 Å². The summed E-state index contributed by atoms with van der Waals surface area (Å²) >= 11 is 0. The van der Waals surface area contributed by atoms with Gasteiger partial charge in [-0.05, 0) is 57.8 Å². The molecule has 0 aliphatic rings. The van der Waals surface area contributed by atoms with Crippen LogP contribution in [0, 0.1) is 0 Å². The lowest BCUT2D eigenvalue weighted by Gasteiger charge is -2.34. The summed E-state index contributed by atoms with van der Waals surface area (Å²) in [7, 11) is 5.37. The molecular formula is C42H71NO7. The van der Waals surface area contributed by atoms with Crippen molar-refractivity contribution in [2.24, 2.45) is 0 Å². The van der Waals surface area contributed by atoms with Crippen molar-refractivity contribution in [1.82, 2.24) is 0 Å². The second-order valence-electron chi connectivity index (χ2n) is 13.8. The molecule has 8 nitrogen and oxygen atoms in total. The van der Waals surface area contributed by atoms with Gasteiger partial charge < -0.3 is 28.6 Å². The third kappa shape index (κ3) is 31.0. The molecule has 8 heteroatoms. The fraction of sp³-hybridized carbons (Fsp3) is 0.690. The third-order valence-corrected chi connectivity index (χ3v) is 8.17. The summed E-state index contributed by atoms with van der Waals surface area (Å²) in [6.07, 6.45) is 38.3. The van der Waals surface area contributed by atoms with Crippen molar-refractivity contribution in [1.29, 1.82) is 0 Å². The second kappa shape index (κ2) is 33.2. The van der Waals surface area contributed by atoms with Crippen LogP contribution in [0.1, 0.15) is 136 Å². The predicted octanol–water partition coefficient (Wildman–Crippen LogP) is 8.52. The van der Waals surface area contributed by atoms with Crippen LogP contribution in [0.25, 0.3) is 0 Å². The maximum absolute atomic E-state index is 12.6. The minimum absolute atomic E-state index is 0.0252. The van der Waals surface area contributed by atoms with E-state index in [9.17, 15) is 19.5 Å². The molecule has 2 atom stereocenters. The van der Waals surface area contributed by atoms with Crippen molar-refractivity contribution in [3.63, 3.8) is 0 Å². The van der Waals surface area contributed by atoms with Crippen molar-refractivity contribution in [3.8, 4) is 0 Å². The van der Waals surface area contributed by atoms with Crippen LogP contribution in [0.3, 0.4) is 0 Å². The standard InChI is InChI=1S/C42H71NO7/c1-6-8-10-12-14-15-16-17-18-19-20-21-22-23-24-25-27-29-31-33-41(45)50-38(36-48-35-34-39(42(46)47)43(3,4)5)37-49-40(44)32-30-28-26-13-11-9-7-2/h8,10,14-15,17-18,20-21,23-24,38-39H,6-7,9,11-13,16,19,22,25-37H2,1-5H3/b10-8+,15-14+,18-17+,21-20+,24-23+. The van der Waals surface area contributed by atoms with E-state index in [-0.39, 0.29) is 49.1 Å². The number of carbonyl (C=O) groups is 3. The summed E-state index contributed by atoms with van der Waals surface area (Å²) in [6, 6.07) is -0.731. The minimum atomic E-state index is -1.13. The van der Waals surface area contributed by atoms with Gasteiger partial charge in [-0.25, -0.2) is 0 Å². The number of carboxylic acid groups (broad SMARTS) is 1. The van der Waals surface area contributed by atoms with Gasteiger partial charge in [-0.3, -0.25) is 9.59 Å². The molecule has 0 fully saturated rings. The number of esters is 2. The summed E-state index contributed by atoms with van der Waals surface area (Å²) in [6.45, 7) is 4.44. The van der Waals surface area contributed by atoms with Crippen molar-refractivity contribution < 1.29 is 38.2 Å². The summed E-state index contributed by atoms with van der Waals surface area (Å²) in [4.78, 5) is 36.5. The van der Waals surface area contributed by atoms with Gasteiger partial charge >= 0.3 is 11.9 Å². The van der Waals surface area contributed by atoms with Gasteiger partial charge in [0.1, 0.15) is 12.6 Å². The largest absolute Gasteiger partial charge is 0.544 e. The normalized spacial score (nSPS) is 13.7. The molecule has 286 valence electrons. The molecule has 0 amide bonds. The number of ether oxygens (including phenoxy) is 3. The molecule has 0 aromatic rings. The Bertz CT molecular complexity index is 1010. The topological polar surface area (TPSA) is 102 Å². The molecule has 0 radical (unpaired) electrons. The predicted molar refractivity (Wildman–Crippen MR) is 203 cm³/mol. The molecule has 0 aromatic carbocycles. The lowest BCUT2D eigenvalue weighted by molar-refractivity contribution is -0.889. The molecule has 0 heterocycles. The van der Waals surface area contributed by atoms with Gasteiger partial charge in [-0.2, -0.15) is 0 Å². The number of carboxylic acids is 1. The molecular weight excluding hydrogens is 630 g/mol. The Morgan fingerprint density at radius 3 is 1.66 bits per heavy atom. The lowest BCUT2D eigenvalue weighted by Crippen LogP contribution is -2.55. The summed E-state index contributed by atoms with van der Waals surface area (Å²) in [5, 5.41) is 11.6. The number of nitrogens with zero attached hydrogens (tertiary/aromatic N) is 1. The number of unbranched alkanes of at least 4 members (excludes halogenated alkanes) is 9. The van der Waals surface area contributed by atoms with Gasteiger partial charge in [0.15, 0.2) is 6.10 Å². The Balaban J connectivity index is 4.42. The van der Waals surface area contributed by atoms with E-state index in [0.717, 1.165) is 70.6 Å². The van der Waals surface area contributed by atoms with E-state index < -0.39 is 18.1 Å². The molecule has 0 saturated heterocycles. The highest BCUT2D eigenvalue weighted by Crippen LogP contribution is 2.12. The molecule has 0 saturated carbocycles. The Morgan fingerprint density at radius 1 is 0.620 bits per heavy atom. The van der Waals surface area contributed by atoms with E-state index in [1.54, 1.807) is 21.1 Å². The van der Waals surface area contributed by atoms with Gasteiger partial charge in [-0.1, -0.05) is 120 Å². The summed E-state index contributed by atoms with van der Waals surface area (Å²) in [5.74, 6) is -1.79. The molecule has 0 rings (SSSR count). The fourth-order valence-electron chi connectivity index (χ4n) is 5.15. The number of hydrogen-bond acceptors (Lipinski definition) is 7. The van der Waals surface area contributed by atoms with Crippen LogP contribution in [0.2, 0.25) is 0 Å². The summed E-state index contributed by atoms with van der Waals surface area (Å²) in [5.41, 5.74) is 0. The Morgan fingerprint density at radius 2 is 1.12 bits per heavy atom. The van der Waals surface area contributed by atoms with Crippen LogP contribution >= 0.6 is 0 Å². The molecule has 0 N–H and O–H groups in total. The molecule has 2 unspecified atom stereocenters. The number of quaternary nitrogens is 1. The van der Waals surface area contributed by atoms with Crippen LogP contribution in [0.4, 0.5) is 0 Å². The average molecular weight is 702 g/mol. The Kier molecular flexibility index (Phi) is 31.2. The Labute approximate surface area is 305 Å². The smallest absolute Gasteiger partial charge is 0.306 e. The van der Waals surface area contributed by atoms with Gasteiger partial charge in [0, 0.05) is 19.3 Å². The van der Waals surface area contributed by atoms with Crippen LogP contribution in [-0.4, -0.2) is 75.5 Å². The summed E-state index contributed by atoms with van der Waals surface area (Å²) < 4.78 is 17.0. The van der Waals surface area contributed by atoms with Gasteiger partial charge in [0.25, 0.3) is 0 Å². The maximum Gasteiger partial charge on any atom is 0.306 e. The van der Waals surface area contributed by atoms with E-state index in [2.05, 4.69) is 74.6 Å². The van der Waals surface area contributed by atoms with E-state index in [0.29, 0.717) is 12.8 Å². The maximum atomic E-state index is 12.6. The minimum Gasteiger partial charge on any atom is -0.544 e. The molecule has 0 aromatic heterocycles. The number of carbonyl (C=O) groups excluding carboxylic acids is 3. The first kappa shape index (κ1) is 47.0. The SMILES string of the molecule is CC/C=C/C/C=C/C/C=C/C/C=C/C/C=C/CCCCCC(=O)OC(COCCC(C(=O)[O-])[N+](C)(C)C)COC(=O)CCCCCCCCC. The number of allylic oxidation sites excluding steroid dienone is 10. The van der Waals surface area contributed by atoms with E-state index in [1.807, 2.05) is 0 Å². The zero-order valence-electron chi connectivity index (χ0n) is 32.3. The first-order valence-corrected chi connectivity index (χ1v) is 19.3. The quantitative estimate of drug-likeness (QED) is 0.0293. The number of aliphatic carboxylic acids is 1. The Hall–Kier alpha value is -2.97. The monoisotopic (exact) mass is 702 g/mol. The van der Waals surface area contributed by atoms with Crippen LogP contribution in [0.5, 0.6) is 0 Å². The molecule has 0 bridgehead atoms. The van der Waals surface area contributed by atoms with Crippen LogP contribution in [-0.2, 0) is 28.6 Å². The number of likely N-dealkylation sites (N-methyl/N-ethyl adjacent to an activating group) is 1. The van der Waals surface area contributed by atoms with Gasteiger partial charge in [0.05, 0.1) is 40.3 Å². The van der Waals surface area contributed by atoms with Gasteiger partial charge in [0.2, 0.25) is 0 Å². The van der Waals surface area contributed by atoms with Crippen LogP contribution < -0.4 is 5.11 Å². The average Bonchev–Trinajstić information content (AvgIpc) is 3.06. The van der Waals surface area contributed by atoms with Crippen molar-refractivity contribution >= 4 is 17.9 Å². The zero-order chi connectivity index (χ0) is 37.1. The highest BCUT2D eigenvalue weighted by atomic mass is 16.6. The molecule has 0 aliphatic carbocycles. The first-order chi connectivity index (χ1) is 24.1. The third-order valence-electron chi connectivity index (χ3n) is 8.17. The molecule has 0 aliphatic heterocycles. The lowest BCUT2D eigenvalue weighted by atomic mass is 10.1. The first-order valence-electron chi connectivity index (χ1n) is 19.3. The van der Waals surface area contributed by atoms with Crippen LogP contribution in [0.15, 0.2) is 60.8 Å². The highest BCUT2D eigenvalue weighted by molar-refractivity contribution is 5.70. The fourth-order valence-corrected chi connectivity index (χ4v) is 5.15. The zero-order valence-corrected chi connectivity index (χ0v) is 32.3.